The van der Waals surface area contributed by atoms with E-state index in [1.165, 1.54) is 11.3 Å². The Hall–Kier alpha value is -3.19. The molecule has 2 aromatic rings. The minimum atomic E-state index is -0.594. The molecule has 1 aromatic carbocycles. The van der Waals surface area contributed by atoms with Gasteiger partial charge >= 0.3 is 0 Å². The van der Waals surface area contributed by atoms with E-state index >= 15 is 0 Å². The zero-order valence-electron chi connectivity index (χ0n) is 13.7. The third-order valence-corrected chi connectivity index (χ3v) is 5.18. The molecule has 2 heterocycles. The number of nitrogens with one attached hydrogen (secondary N) is 1. The van der Waals surface area contributed by atoms with Crippen molar-refractivity contribution in [2.45, 2.75) is 12.8 Å². The van der Waals surface area contributed by atoms with Crippen LogP contribution in [0.5, 0.6) is 0 Å². The first-order chi connectivity index (χ1) is 12.6. The summed E-state index contributed by atoms with van der Waals surface area (Å²) >= 11 is 1.43. The maximum Gasteiger partial charge on any atom is 0.275 e. The molecule has 7 heteroatoms. The van der Waals surface area contributed by atoms with Gasteiger partial charge in [0.2, 0.25) is 0 Å². The average Bonchev–Trinajstić information content (AvgIpc) is 3.29. The number of amides is 2. The van der Waals surface area contributed by atoms with Crippen LogP contribution in [0.4, 0.5) is 5.69 Å². The predicted molar refractivity (Wildman–Crippen MR) is 99.5 cm³/mol. The summed E-state index contributed by atoms with van der Waals surface area (Å²) in [6.45, 7) is 0. The Bertz CT molecular complexity index is 1000. The maximum atomic E-state index is 12.5. The lowest BCUT2D eigenvalue weighted by Crippen LogP contribution is -2.18. The molecule has 3 N–H and O–H groups in total. The van der Waals surface area contributed by atoms with E-state index in [-0.39, 0.29) is 11.5 Å². The molecule has 2 amide bonds. The van der Waals surface area contributed by atoms with Gasteiger partial charge < -0.3 is 15.8 Å². The Morgan fingerprint density at radius 3 is 2.92 bits per heavy atom. The van der Waals surface area contributed by atoms with Gasteiger partial charge in [-0.2, -0.15) is 0 Å². The number of nitrogens with two attached hydrogens (primary N) is 1. The first kappa shape index (κ1) is 16.3. The van der Waals surface area contributed by atoms with Gasteiger partial charge in [0.05, 0.1) is 23.8 Å². The zero-order chi connectivity index (χ0) is 18.1. The first-order valence-corrected chi connectivity index (χ1v) is 8.92. The van der Waals surface area contributed by atoms with Gasteiger partial charge in [-0.15, -0.1) is 11.3 Å². The number of benzene rings is 1. The minimum absolute atomic E-state index is 0.263. The number of allylic oxidation sites excluding steroid dienone is 4. The summed E-state index contributed by atoms with van der Waals surface area (Å²) in [6.07, 6.45) is 7.11. The number of thiazole rings is 1. The molecule has 0 fully saturated rings. The Labute approximate surface area is 153 Å². The van der Waals surface area contributed by atoms with Crippen LogP contribution in [-0.4, -0.2) is 16.8 Å². The van der Waals surface area contributed by atoms with E-state index in [4.69, 9.17) is 10.5 Å². The normalized spacial score (nSPS) is 15.3. The van der Waals surface area contributed by atoms with Crippen molar-refractivity contribution in [2.75, 3.05) is 5.32 Å². The lowest BCUT2D eigenvalue weighted by atomic mass is 10.1. The summed E-state index contributed by atoms with van der Waals surface area (Å²) in [4.78, 5) is 28.5. The maximum absolute atomic E-state index is 12.5. The molecule has 0 unspecified atom stereocenters. The van der Waals surface area contributed by atoms with Gasteiger partial charge in [0.25, 0.3) is 11.8 Å². The van der Waals surface area contributed by atoms with Crippen molar-refractivity contribution >= 4 is 34.4 Å². The summed E-state index contributed by atoms with van der Waals surface area (Å²) < 4.78 is 5.21. The second-order valence-electron chi connectivity index (χ2n) is 5.88. The molecular weight excluding hydrogens is 350 g/mol. The van der Waals surface area contributed by atoms with Crippen LogP contribution in [0.2, 0.25) is 0 Å². The molecule has 130 valence electrons. The highest BCUT2D eigenvalue weighted by Crippen LogP contribution is 2.40. The van der Waals surface area contributed by atoms with Gasteiger partial charge in [-0.25, -0.2) is 4.98 Å². The second kappa shape index (κ2) is 6.61. The van der Waals surface area contributed by atoms with Crippen molar-refractivity contribution in [1.29, 1.82) is 0 Å². The number of aromatic nitrogens is 1. The summed E-state index contributed by atoms with van der Waals surface area (Å²) in [5.41, 5.74) is 9.69. The third-order valence-electron chi connectivity index (χ3n) is 4.27. The molecule has 2 aliphatic rings. The van der Waals surface area contributed by atoms with E-state index in [1.54, 1.807) is 42.2 Å². The second-order valence-corrected chi connectivity index (χ2v) is 6.73. The number of rotatable bonds is 4. The number of hydrogen-bond acceptors (Lipinski definition) is 5. The molecule has 1 aromatic heterocycles. The predicted octanol–water partition coefficient (Wildman–Crippen LogP) is 3.47. The Balaban J connectivity index is 1.58. The first-order valence-electron chi connectivity index (χ1n) is 8.04. The highest BCUT2D eigenvalue weighted by atomic mass is 32.1. The Morgan fingerprint density at radius 1 is 1.23 bits per heavy atom. The number of anilines is 1. The lowest BCUT2D eigenvalue weighted by molar-refractivity contribution is 0.100. The molecule has 26 heavy (non-hydrogen) atoms. The molecule has 4 rings (SSSR count). The molecule has 0 atom stereocenters. The molecule has 0 spiro atoms. The molecule has 0 radical (unpaired) electrons. The van der Waals surface area contributed by atoms with E-state index in [1.807, 2.05) is 6.08 Å². The Kier molecular flexibility index (Phi) is 4.14. The van der Waals surface area contributed by atoms with Crippen molar-refractivity contribution < 1.29 is 14.3 Å². The topological polar surface area (TPSA) is 94.3 Å². The van der Waals surface area contributed by atoms with Gasteiger partial charge in [-0.1, -0.05) is 12.1 Å². The standard InChI is InChI=1S/C19H15N3O3S/c20-17(23)14-3-1-2-4-15(14)21-18(24)16-10-26-19(22-16)13-6-5-11-9-25-8-7-12(11)13/h1-4,7-10H,5-6H2,(H2,20,23)(H,21,24). The SMILES string of the molecule is NC(=O)c1ccccc1NC(=O)c1csc(C2=C3C=COC=C3CC2)n1. The fraction of sp³-hybridized carbons (Fsp3) is 0.105. The highest BCUT2D eigenvalue weighted by molar-refractivity contribution is 7.11. The molecule has 6 nitrogen and oxygen atoms in total. The van der Waals surface area contributed by atoms with E-state index < -0.39 is 5.91 Å². The monoisotopic (exact) mass is 365 g/mol. The number of carbonyl (C=O) groups is 2. The van der Waals surface area contributed by atoms with Crippen LogP contribution in [0.25, 0.3) is 5.57 Å². The smallest absolute Gasteiger partial charge is 0.275 e. The van der Waals surface area contributed by atoms with E-state index in [2.05, 4.69) is 10.3 Å². The third kappa shape index (κ3) is 2.93. The largest absolute Gasteiger partial charge is 0.472 e. The van der Waals surface area contributed by atoms with Crippen molar-refractivity contribution in [2.24, 2.45) is 5.73 Å². The Morgan fingerprint density at radius 2 is 2.08 bits per heavy atom. The number of nitrogens with zero attached hydrogens (tertiary/aromatic N) is 1. The van der Waals surface area contributed by atoms with Crippen LogP contribution in [0.3, 0.4) is 0 Å². The van der Waals surface area contributed by atoms with Crippen LogP contribution >= 0.6 is 11.3 Å². The number of para-hydroxylation sites is 1. The van der Waals surface area contributed by atoms with Crippen LogP contribution in [-0.2, 0) is 4.74 Å². The van der Waals surface area contributed by atoms with Crippen LogP contribution in [0.15, 0.2) is 59.4 Å². The molecule has 0 saturated heterocycles. The fourth-order valence-electron chi connectivity index (χ4n) is 3.01. The summed E-state index contributed by atoms with van der Waals surface area (Å²) in [5, 5.41) is 5.25. The van der Waals surface area contributed by atoms with Gasteiger partial charge in [0.15, 0.2) is 0 Å². The lowest BCUT2D eigenvalue weighted by Gasteiger charge is -2.07. The van der Waals surface area contributed by atoms with Gasteiger partial charge in [0.1, 0.15) is 10.7 Å². The van der Waals surface area contributed by atoms with Crippen molar-refractivity contribution in [3.63, 3.8) is 0 Å². The van der Waals surface area contributed by atoms with Crippen molar-refractivity contribution in [3.05, 3.63) is 75.7 Å². The number of fused-ring (bicyclic) bond motifs is 1. The van der Waals surface area contributed by atoms with Crippen LogP contribution < -0.4 is 11.1 Å². The van der Waals surface area contributed by atoms with Crippen molar-refractivity contribution in [1.82, 2.24) is 4.98 Å². The summed E-state index contributed by atoms with van der Waals surface area (Å²) in [7, 11) is 0. The van der Waals surface area contributed by atoms with Crippen LogP contribution in [0, 0.1) is 0 Å². The fourth-order valence-corrected chi connectivity index (χ4v) is 3.90. The highest BCUT2D eigenvalue weighted by Gasteiger charge is 2.24. The minimum Gasteiger partial charge on any atom is -0.472 e. The molecular formula is C19H15N3O3S. The summed E-state index contributed by atoms with van der Waals surface area (Å²) in [6, 6.07) is 6.62. The van der Waals surface area contributed by atoms with Gasteiger partial charge in [-0.05, 0) is 47.8 Å². The number of hydrogen-bond donors (Lipinski definition) is 2. The quantitative estimate of drug-likeness (QED) is 0.867. The van der Waals surface area contributed by atoms with Crippen molar-refractivity contribution in [3.8, 4) is 0 Å². The van der Waals surface area contributed by atoms with E-state index in [9.17, 15) is 9.59 Å². The zero-order valence-corrected chi connectivity index (χ0v) is 14.5. The van der Waals surface area contributed by atoms with Gasteiger partial charge in [-0.3, -0.25) is 9.59 Å². The van der Waals surface area contributed by atoms with Gasteiger partial charge in [0, 0.05) is 5.38 Å². The molecule has 1 aliphatic heterocycles. The van der Waals surface area contributed by atoms with Crippen LogP contribution in [0.1, 0.15) is 38.7 Å². The van der Waals surface area contributed by atoms with E-state index in [0.717, 1.165) is 34.6 Å². The number of ether oxygens (including phenoxy) is 1. The number of carbonyl (C=O) groups excluding carboxylic acids is 2. The number of primary amides is 1. The van der Waals surface area contributed by atoms with E-state index in [0.29, 0.717) is 11.4 Å². The summed E-state index contributed by atoms with van der Waals surface area (Å²) in [5.74, 6) is -0.966. The molecule has 0 saturated carbocycles. The molecule has 1 aliphatic carbocycles. The molecule has 0 bridgehead atoms. The average molecular weight is 365 g/mol.